The molecule has 0 saturated carbocycles. The predicted molar refractivity (Wildman–Crippen MR) is 79.6 cm³/mol. The number of guanidine groups is 1. The Kier molecular flexibility index (Phi) is 6.12. The molecule has 0 saturated heterocycles. The first-order valence-corrected chi connectivity index (χ1v) is 6.57. The van der Waals surface area contributed by atoms with Crippen LogP contribution >= 0.6 is 0 Å². The summed E-state index contributed by atoms with van der Waals surface area (Å²) in [6, 6.07) is 5.24. The fourth-order valence-electron chi connectivity index (χ4n) is 1.90. The number of aromatic nitrogens is 1. The predicted octanol–water partition coefficient (Wildman–Crippen LogP) is 1.11. The van der Waals surface area contributed by atoms with Gasteiger partial charge in [0.25, 0.3) is 0 Å². The van der Waals surface area contributed by atoms with Crippen molar-refractivity contribution in [2.75, 3.05) is 34.7 Å². The molecule has 19 heavy (non-hydrogen) atoms. The van der Waals surface area contributed by atoms with Crippen molar-refractivity contribution in [3.05, 3.63) is 34.7 Å². The van der Waals surface area contributed by atoms with Gasteiger partial charge in [0.2, 0.25) is 5.56 Å². The number of aryl methyl sites for hydroxylation is 1. The van der Waals surface area contributed by atoms with Crippen LogP contribution in [0.25, 0.3) is 0 Å². The van der Waals surface area contributed by atoms with E-state index in [2.05, 4.69) is 4.99 Å². The summed E-state index contributed by atoms with van der Waals surface area (Å²) < 4.78 is 1.74. The lowest BCUT2D eigenvalue weighted by Crippen LogP contribution is -2.35. The Morgan fingerprint density at radius 2 is 1.84 bits per heavy atom. The molecule has 0 N–H and O–H groups in total. The lowest BCUT2D eigenvalue weighted by Gasteiger charge is -2.22. The summed E-state index contributed by atoms with van der Waals surface area (Å²) in [6.45, 7) is 1.54. The smallest absolute Gasteiger partial charge is 0.250 e. The number of rotatable bonds is 5. The van der Waals surface area contributed by atoms with Gasteiger partial charge in [-0.25, -0.2) is 0 Å². The van der Waals surface area contributed by atoms with E-state index in [-0.39, 0.29) is 5.56 Å². The quantitative estimate of drug-likeness (QED) is 0.454. The summed E-state index contributed by atoms with van der Waals surface area (Å²) in [5.74, 6) is 0.969. The summed E-state index contributed by atoms with van der Waals surface area (Å²) >= 11 is 0. The van der Waals surface area contributed by atoms with E-state index in [1.54, 1.807) is 16.7 Å². The van der Waals surface area contributed by atoms with E-state index in [4.69, 9.17) is 0 Å². The summed E-state index contributed by atoms with van der Waals surface area (Å²) in [5.41, 5.74) is 0.0632. The minimum atomic E-state index is 0.0632. The van der Waals surface area contributed by atoms with Crippen LogP contribution in [0.3, 0.4) is 0 Å². The number of hydrogen-bond acceptors (Lipinski definition) is 2. The molecular formula is C14H24N4O. The summed E-state index contributed by atoms with van der Waals surface area (Å²) in [4.78, 5) is 20.1. The van der Waals surface area contributed by atoms with Crippen LogP contribution in [0.4, 0.5) is 0 Å². The largest absolute Gasteiger partial charge is 0.349 e. The van der Waals surface area contributed by atoms with Gasteiger partial charge in [0.05, 0.1) is 0 Å². The van der Waals surface area contributed by atoms with Crippen molar-refractivity contribution >= 4 is 5.96 Å². The van der Waals surface area contributed by atoms with Gasteiger partial charge in [0.15, 0.2) is 5.96 Å². The van der Waals surface area contributed by atoms with E-state index in [0.29, 0.717) is 0 Å². The van der Waals surface area contributed by atoms with Crippen LogP contribution in [0.2, 0.25) is 0 Å². The fraction of sp³-hybridized carbons (Fsp3) is 0.571. The van der Waals surface area contributed by atoms with Gasteiger partial charge in [0.1, 0.15) is 0 Å². The van der Waals surface area contributed by atoms with Gasteiger partial charge in [0, 0.05) is 53.5 Å². The molecule has 1 rings (SSSR count). The lowest BCUT2D eigenvalue weighted by atomic mass is 10.3. The molecule has 1 aromatic heterocycles. The highest BCUT2D eigenvalue weighted by atomic mass is 16.1. The van der Waals surface area contributed by atoms with Gasteiger partial charge >= 0.3 is 0 Å². The Morgan fingerprint density at radius 3 is 2.42 bits per heavy atom. The maximum Gasteiger partial charge on any atom is 0.250 e. The maximum atomic E-state index is 11.5. The van der Waals surface area contributed by atoms with E-state index in [0.717, 1.165) is 31.9 Å². The van der Waals surface area contributed by atoms with E-state index in [1.807, 2.05) is 50.3 Å². The highest BCUT2D eigenvalue weighted by Gasteiger charge is 2.02. The number of hydrogen-bond donors (Lipinski definition) is 0. The summed E-state index contributed by atoms with van der Waals surface area (Å²) in [6.07, 6.45) is 3.77. The van der Waals surface area contributed by atoms with Gasteiger partial charge in [-0.05, 0) is 18.9 Å². The van der Waals surface area contributed by atoms with Crippen molar-refractivity contribution in [2.45, 2.75) is 19.4 Å². The molecule has 1 aromatic rings. The zero-order valence-corrected chi connectivity index (χ0v) is 12.3. The topological polar surface area (TPSA) is 40.8 Å². The zero-order valence-electron chi connectivity index (χ0n) is 12.3. The van der Waals surface area contributed by atoms with Gasteiger partial charge < -0.3 is 14.4 Å². The molecule has 5 heteroatoms. The molecule has 0 spiro atoms. The average molecular weight is 264 g/mol. The minimum absolute atomic E-state index is 0.0632. The standard InChI is InChI=1S/C14H24N4O/c1-16(2)14(17(3)4)15-10-6-8-12-18-11-7-5-9-13(18)19/h5,7,9,11H,6,8,10,12H2,1-4H3. The highest BCUT2D eigenvalue weighted by Crippen LogP contribution is 1.96. The van der Waals surface area contributed by atoms with Crippen LogP contribution in [0.5, 0.6) is 0 Å². The van der Waals surface area contributed by atoms with Crippen molar-refractivity contribution in [1.29, 1.82) is 0 Å². The molecule has 0 aliphatic heterocycles. The van der Waals surface area contributed by atoms with Crippen molar-refractivity contribution in [1.82, 2.24) is 14.4 Å². The molecule has 0 fully saturated rings. The Balaban J connectivity index is 2.37. The third-order valence-corrected chi connectivity index (χ3v) is 2.76. The van der Waals surface area contributed by atoms with Crippen LogP contribution < -0.4 is 5.56 Å². The van der Waals surface area contributed by atoms with Crippen LogP contribution in [-0.2, 0) is 6.54 Å². The van der Waals surface area contributed by atoms with Gasteiger partial charge in [-0.3, -0.25) is 9.79 Å². The third kappa shape index (κ3) is 5.16. The molecule has 0 bridgehead atoms. The van der Waals surface area contributed by atoms with E-state index >= 15 is 0 Å². The second-order valence-electron chi connectivity index (χ2n) is 4.91. The number of pyridine rings is 1. The molecule has 106 valence electrons. The van der Waals surface area contributed by atoms with E-state index < -0.39 is 0 Å². The molecule has 1 heterocycles. The Morgan fingerprint density at radius 1 is 1.16 bits per heavy atom. The Labute approximate surface area is 115 Å². The second-order valence-corrected chi connectivity index (χ2v) is 4.91. The van der Waals surface area contributed by atoms with Crippen LogP contribution in [0, 0.1) is 0 Å². The SMILES string of the molecule is CN(C)C(=NCCCCn1ccccc1=O)N(C)C. The van der Waals surface area contributed by atoms with Crippen molar-refractivity contribution in [3.8, 4) is 0 Å². The molecule has 0 aromatic carbocycles. The van der Waals surface area contributed by atoms with Gasteiger partial charge in [-0.15, -0.1) is 0 Å². The number of aliphatic imine (C=N–C) groups is 1. The fourth-order valence-corrected chi connectivity index (χ4v) is 1.90. The number of nitrogens with zero attached hydrogens (tertiary/aromatic N) is 4. The van der Waals surface area contributed by atoms with Gasteiger partial charge in [-0.1, -0.05) is 6.07 Å². The molecular weight excluding hydrogens is 240 g/mol. The zero-order chi connectivity index (χ0) is 14.3. The lowest BCUT2D eigenvalue weighted by molar-refractivity contribution is 0.477. The molecule has 5 nitrogen and oxygen atoms in total. The monoisotopic (exact) mass is 264 g/mol. The van der Waals surface area contributed by atoms with Crippen molar-refractivity contribution in [3.63, 3.8) is 0 Å². The average Bonchev–Trinajstić information content (AvgIpc) is 2.34. The van der Waals surface area contributed by atoms with E-state index in [9.17, 15) is 4.79 Å². The van der Waals surface area contributed by atoms with Crippen LogP contribution in [-0.4, -0.2) is 55.1 Å². The first-order valence-electron chi connectivity index (χ1n) is 6.57. The van der Waals surface area contributed by atoms with Crippen molar-refractivity contribution < 1.29 is 0 Å². The summed E-state index contributed by atoms with van der Waals surface area (Å²) in [7, 11) is 7.95. The summed E-state index contributed by atoms with van der Waals surface area (Å²) in [5, 5.41) is 0. The molecule has 0 atom stereocenters. The van der Waals surface area contributed by atoms with Crippen LogP contribution in [0.1, 0.15) is 12.8 Å². The first-order chi connectivity index (χ1) is 9.02. The normalized spacial score (nSPS) is 10.1. The number of unbranched alkanes of at least 4 members (excludes halogenated alkanes) is 1. The Bertz CT molecular complexity index is 453. The molecule has 0 unspecified atom stereocenters. The van der Waals surface area contributed by atoms with E-state index in [1.165, 1.54) is 0 Å². The Hall–Kier alpha value is -1.78. The van der Waals surface area contributed by atoms with Gasteiger partial charge in [-0.2, -0.15) is 0 Å². The first kappa shape index (κ1) is 15.3. The van der Waals surface area contributed by atoms with Crippen molar-refractivity contribution in [2.24, 2.45) is 4.99 Å². The van der Waals surface area contributed by atoms with Crippen LogP contribution in [0.15, 0.2) is 34.2 Å². The third-order valence-electron chi connectivity index (χ3n) is 2.76. The molecule has 0 aliphatic carbocycles. The minimum Gasteiger partial charge on any atom is -0.349 e. The highest BCUT2D eigenvalue weighted by molar-refractivity contribution is 5.79. The maximum absolute atomic E-state index is 11.5. The molecule has 0 amide bonds. The molecule has 0 aliphatic rings. The second kappa shape index (κ2) is 7.61. The molecule has 0 radical (unpaired) electrons.